The van der Waals surface area contributed by atoms with E-state index in [0.29, 0.717) is 6.10 Å². The Bertz CT molecular complexity index is 502. The first-order chi connectivity index (χ1) is 10.8. The molecule has 0 bridgehead atoms. The van der Waals surface area contributed by atoms with Crippen molar-refractivity contribution in [3.05, 3.63) is 72.4 Å². The summed E-state index contributed by atoms with van der Waals surface area (Å²) in [6.07, 6.45) is 22.3. The van der Waals surface area contributed by atoms with E-state index in [9.17, 15) is 0 Å². The van der Waals surface area contributed by atoms with Gasteiger partial charge in [0.25, 0.3) is 0 Å². The van der Waals surface area contributed by atoms with E-state index in [0.717, 1.165) is 37.9 Å². The summed E-state index contributed by atoms with van der Waals surface area (Å²) >= 11 is 0. The summed E-state index contributed by atoms with van der Waals surface area (Å²) in [4.78, 5) is 0. The predicted molar refractivity (Wildman–Crippen MR) is 94.8 cm³/mol. The highest BCUT2D eigenvalue weighted by Gasteiger charge is 2.22. The van der Waals surface area contributed by atoms with Gasteiger partial charge in [-0.2, -0.15) is 0 Å². The number of ether oxygens (including phenoxy) is 1. The Balaban J connectivity index is 2.23. The highest BCUT2D eigenvalue weighted by molar-refractivity contribution is 5.41. The topological polar surface area (TPSA) is 21.3 Å². The van der Waals surface area contributed by atoms with Crippen LogP contribution in [0.1, 0.15) is 26.2 Å². The van der Waals surface area contributed by atoms with Crippen molar-refractivity contribution in [1.82, 2.24) is 5.32 Å². The van der Waals surface area contributed by atoms with Gasteiger partial charge < -0.3 is 10.1 Å². The van der Waals surface area contributed by atoms with Gasteiger partial charge in [0, 0.05) is 0 Å². The van der Waals surface area contributed by atoms with Crippen molar-refractivity contribution in [2.24, 2.45) is 0 Å². The minimum Gasteiger partial charge on any atom is -0.365 e. The lowest BCUT2D eigenvalue weighted by Gasteiger charge is -2.29. The van der Waals surface area contributed by atoms with E-state index >= 15 is 0 Å². The third-order valence-corrected chi connectivity index (χ3v) is 3.94. The third-order valence-electron chi connectivity index (χ3n) is 3.94. The lowest BCUT2D eigenvalue weighted by molar-refractivity contribution is 0.0108. The Morgan fingerprint density at radius 1 is 1.36 bits per heavy atom. The first-order valence-corrected chi connectivity index (χ1v) is 8.20. The van der Waals surface area contributed by atoms with Crippen molar-refractivity contribution >= 4 is 0 Å². The van der Waals surface area contributed by atoms with Gasteiger partial charge in [0.1, 0.15) is 6.10 Å². The summed E-state index contributed by atoms with van der Waals surface area (Å²) in [6.45, 7) is 8.08. The summed E-state index contributed by atoms with van der Waals surface area (Å²) in [7, 11) is 0. The van der Waals surface area contributed by atoms with Crippen LogP contribution in [0.15, 0.2) is 72.4 Å². The van der Waals surface area contributed by atoms with Crippen molar-refractivity contribution in [1.29, 1.82) is 0 Å². The molecular formula is C20H27NO. The van der Waals surface area contributed by atoms with Gasteiger partial charge in [-0.3, -0.25) is 0 Å². The maximum absolute atomic E-state index is 6.47. The largest absolute Gasteiger partial charge is 0.365 e. The van der Waals surface area contributed by atoms with E-state index in [-0.39, 0.29) is 6.10 Å². The van der Waals surface area contributed by atoms with Crippen LogP contribution in [0, 0.1) is 0 Å². The Morgan fingerprint density at radius 2 is 2.18 bits per heavy atom. The average molecular weight is 297 g/mol. The fourth-order valence-corrected chi connectivity index (χ4v) is 2.71. The number of rotatable bonds is 6. The molecule has 1 fully saturated rings. The first-order valence-electron chi connectivity index (χ1n) is 8.20. The molecule has 2 nitrogen and oxygen atoms in total. The minimum absolute atomic E-state index is 0.0456. The molecule has 1 aliphatic carbocycles. The quantitative estimate of drug-likeness (QED) is 0.740. The Labute approximate surface area is 134 Å². The summed E-state index contributed by atoms with van der Waals surface area (Å²) in [5.41, 5.74) is 2.31. The van der Waals surface area contributed by atoms with E-state index in [1.807, 2.05) is 25.2 Å². The van der Waals surface area contributed by atoms with Crippen LogP contribution in [0.3, 0.4) is 0 Å². The summed E-state index contributed by atoms with van der Waals surface area (Å²) in [5, 5.41) is 3.39. The summed E-state index contributed by atoms with van der Waals surface area (Å²) in [5.74, 6) is 0. The Kier molecular flexibility index (Phi) is 7.14. The van der Waals surface area contributed by atoms with Crippen LogP contribution < -0.4 is 5.32 Å². The lowest BCUT2D eigenvalue weighted by atomic mass is 9.98. The van der Waals surface area contributed by atoms with Gasteiger partial charge in [0.2, 0.25) is 0 Å². The summed E-state index contributed by atoms with van der Waals surface area (Å²) in [6, 6.07) is 0. The molecule has 1 unspecified atom stereocenters. The van der Waals surface area contributed by atoms with Gasteiger partial charge in [-0.15, -0.1) is 0 Å². The van der Waals surface area contributed by atoms with Crippen molar-refractivity contribution in [2.45, 2.75) is 38.4 Å². The molecule has 0 radical (unpaired) electrons. The molecule has 0 amide bonds. The zero-order valence-corrected chi connectivity index (χ0v) is 13.5. The predicted octanol–water partition coefficient (Wildman–Crippen LogP) is 4.25. The molecule has 1 saturated heterocycles. The van der Waals surface area contributed by atoms with Crippen molar-refractivity contribution < 1.29 is 4.74 Å². The van der Waals surface area contributed by atoms with Gasteiger partial charge in [-0.25, -0.2) is 0 Å². The van der Waals surface area contributed by atoms with Gasteiger partial charge in [-0.1, -0.05) is 61.3 Å². The third kappa shape index (κ3) is 4.97. The number of piperidine rings is 1. The molecule has 2 heteroatoms. The minimum atomic E-state index is -0.0456. The molecule has 0 aromatic heterocycles. The molecule has 1 heterocycles. The van der Waals surface area contributed by atoms with Crippen LogP contribution in [0.4, 0.5) is 0 Å². The molecule has 1 aliphatic heterocycles. The number of nitrogens with one attached hydrogen (secondary N) is 1. The van der Waals surface area contributed by atoms with E-state index in [4.69, 9.17) is 4.74 Å². The second kappa shape index (κ2) is 9.39. The molecule has 118 valence electrons. The fourth-order valence-electron chi connectivity index (χ4n) is 2.71. The monoisotopic (exact) mass is 297 g/mol. The molecule has 0 saturated carbocycles. The van der Waals surface area contributed by atoms with E-state index < -0.39 is 0 Å². The molecule has 0 aromatic rings. The second-order valence-electron chi connectivity index (χ2n) is 5.59. The summed E-state index contributed by atoms with van der Waals surface area (Å²) < 4.78 is 6.47. The normalized spacial score (nSPS) is 21.7. The molecule has 1 atom stereocenters. The molecule has 2 rings (SSSR count). The zero-order chi connectivity index (χ0) is 15.6. The van der Waals surface area contributed by atoms with Gasteiger partial charge in [0.15, 0.2) is 0 Å². The van der Waals surface area contributed by atoms with Crippen LogP contribution in [0.5, 0.6) is 0 Å². The first kappa shape index (κ1) is 16.7. The number of hydrogen-bond acceptors (Lipinski definition) is 2. The van der Waals surface area contributed by atoms with Gasteiger partial charge >= 0.3 is 0 Å². The van der Waals surface area contributed by atoms with Crippen LogP contribution in [0.2, 0.25) is 0 Å². The van der Waals surface area contributed by atoms with E-state index in [1.54, 1.807) is 0 Å². The van der Waals surface area contributed by atoms with Crippen molar-refractivity contribution in [3.63, 3.8) is 0 Å². The molecule has 22 heavy (non-hydrogen) atoms. The van der Waals surface area contributed by atoms with Gasteiger partial charge in [0.05, 0.1) is 6.10 Å². The lowest BCUT2D eigenvalue weighted by Crippen LogP contribution is -2.35. The molecule has 1 N–H and O–H groups in total. The maximum Gasteiger partial charge on any atom is 0.108 e. The van der Waals surface area contributed by atoms with Crippen LogP contribution in [-0.4, -0.2) is 25.3 Å². The van der Waals surface area contributed by atoms with Crippen molar-refractivity contribution in [3.8, 4) is 0 Å². The Hall–Kier alpha value is -1.64. The van der Waals surface area contributed by atoms with E-state index in [2.05, 4.69) is 48.4 Å². The van der Waals surface area contributed by atoms with Gasteiger partial charge in [-0.05, 0) is 50.4 Å². The molecular weight excluding hydrogens is 270 g/mol. The standard InChI is InChI=1S/C20H27NO/c1-3-5-10-17(4-2)20(18-11-8-6-7-9-12-18)22-19-13-15-21-16-14-19/h3-6,8-12,19-21H,2,7,13-16H2,1H3/b5-3-,17-10+. The molecule has 0 aromatic carbocycles. The van der Waals surface area contributed by atoms with Crippen LogP contribution >= 0.6 is 0 Å². The average Bonchev–Trinajstić information content (AvgIpc) is 2.84. The highest BCUT2D eigenvalue weighted by atomic mass is 16.5. The van der Waals surface area contributed by atoms with Crippen molar-refractivity contribution in [2.75, 3.05) is 13.1 Å². The zero-order valence-electron chi connectivity index (χ0n) is 13.5. The highest BCUT2D eigenvalue weighted by Crippen LogP contribution is 2.24. The number of allylic oxidation sites excluding steroid dienone is 7. The molecule has 0 spiro atoms. The molecule has 2 aliphatic rings. The maximum atomic E-state index is 6.47. The smallest absolute Gasteiger partial charge is 0.108 e. The number of hydrogen-bond donors (Lipinski definition) is 1. The van der Waals surface area contributed by atoms with E-state index in [1.165, 1.54) is 5.57 Å². The van der Waals surface area contributed by atoms with Crippen LogP contribution in [0.25, 0.3) is 0 Å². The Morgan fingerprint density at radius 3 is 2.91 bits per heavy atom. The SMILES string of the molecule is C=C/C(=C\C=C/C)C(OC1CCNCC1)C1=CC=CCC=C1. The fraction of sp³-hybridized carbons (Fsp3) is 0.400. The van der Waals surface area contributed by atoms with Crippen LogP contribution in [-0.2, 0) is 4.74 Å². The second-order valence-corrected chi connectivity index (χ2v) is 5.59.